The van der Waals surface area contributed by atoms with E-state index in [-0.39, 0.29) is 17.6 Å². The Kier molecular flexibility index (Phi) is 4.70. The number of hydrogen-bond acceptors (Lipinski definition) is 3. The zero-order chi connectivity index (χ0) is 16.3. The van der Waals surface area contributed by atoms with Crippen LogP contribution >= 0.6 is 0 Å². The number of fused-ring (bicyclic) bond motifs is 1. The Hall–Kier alpha value is -2.09. The van der Waals surface area contributed by atoms with Crippen LogP contribution in [0.5, 0.6) is 0 Å². The summed E-state index contributed by atoms with van der Waals surface area (Å²) >= 11 is 0. The van der Waals surface area contributed by atoms with Crippen molar-refractivity contribution < 1.29 is 23.1 Å². The summed E-state index contributed by atoms with van der Waals surface area (Å²) in [6.45, 7) is 1.29. The van der Waals surface area contributed by atoms with Crippen LogP contribution in [0.2, 0.25) is 0 Å². The van der Waals surface area contributed by atoms with E-state index < -0.39 is 30.6 Å². The van der Waals surface area contributed by atoms with E-state index in [2.05, 4.69) is 10.3 Å². The van der Waals surface area contributed by atoms with Crippen molar-refractivity contribution in [3.8, 4) is 0 Å². The lowest BCUT2D eigenvalue weighted by molar-refractivity contribution is -0.147. The molecule has 5 nitrogen and oxygen atoms in total. The fraction of sp³-hybridized carbons (Fsp3) is 0.429. The molecule has 0 saturated carbocycles. The molecule has 2 aromatic rings. The number of nitrogens with one attached hydrogen (secondary N) is 1. The summed E-state index contributed by atoms with van der Waals surface area (Å²) < 4.78 is 40.0. The first kappa shape index (κ1) is 16.3. The molecule has 0 fully saturated rings. The van der Waals surface area contributed by atoms with E-state index in [1.807, 2.05) is 0 Å². The van der Waals surface area contributed by atoms with Gasteiger partial charge < -0.3 is 15.0 Å². The molecule has 0 saturated heterocycles. The van der Waals surface area contributed by atoms with Gasteiger partial charge in [0.1, 0.15) is 6.54 Å². The molecule has 1 atom stereocenters. The predicted molar refractivity (Wildman–Crippen MR) is 74.0 cm³/mol. The van der Waals surface area contributed by atoms with Gasteiger partial charge in [0.25, 0.3) is 0 Å². The maximum absolute atomic E-state index is 13.0. The van der Waals surface area contributed by atoms with Crippen molar-refractivity contribution in [1.29, 1.82) is 0 Å². The Bertz CT molecular complexity index is 665. The smallest absolute Gasteiger partial charge is 0.393 e. The molecule has 1 aromatic carbocycles. The second-order valence-corrected chi connectivity index (χ2v) is 5.00. The molecular formula is C14H16F3N3O2. The standard InChI is InChI=1S/C14H16F3N3O2/c1-9(21)6-7-18-12(22)8-20-11-5-3-2-4-10(11)19-13(20)14(15,16)17/h2-5,9,21H,6-8H2,1H3,(H,18,22). The number of para-hydroxylation sites is 2. The van der Waals surface area contributed by atoms with Gasteiger partial charge in [-0.1, -0.05) is 12.1 Å². The number of carbonyl (C=O) groups excluding carboxylic acids is 1. The van der Waals surface area contributed by atoms with Gasteiger partial charge in [-0.3, -0.25) is 4.79 Å². The second-order valence-electron chi connectivity index (χ2n) is 5.00. The number of rotatable bonds is 5. The Morgan fingerprint density at radius 3 is 2.73 bits per heavy atom. The number of halogens is 3. The summed E-state index contributed by atoms with van der Waals surface area (Å²) in [6.07, 6.45) is -4.89. The lowest BCUT2D eigenvalue weighted by atomic mass is 10.3. The number of carbonyl (C=O) groups is 1. The van der Waals surface area contributed by atoms with Crippen LogP contribution in [-0.4, -0.2) is 33.2 Å². The Balaban J connectivity index is 2.23. The summed E-state index contributed by atoms with van der Waals surface area (Å²) in [5, 5.41) is 11.6. The highest BCUT2D eigenvalue weighted by Gasteiger charge is 2.37. The van der Waals surface area contributed by atoms with Crippen molar-refractivity contribution in [3.05, 3.63) is 30.1 Å². The molecule has 0 aliphatic rings. The second kappa shape index (κ2) is 6.35. The zero-order valence-electron chi connectivity index (χ0n) is 11.9. The van der Waals surface area contributed by atoms with Gasteiger partial charge in [-0.2, -0.15) is 13.2 Å². The van der Waals surface area contributed by atoms with Crippen molar-refractivity contribution in [2.24, 2.45) is 0 Å². The van der Waals surface area contributed by atoms with E-state index in [1.165, 1.54) is 12.1 Å². The molecule has 8 heteroatoms. The third-order valence-corrected chi connectivity index (χ3v) is 3.09. The molecule has 22 heavy (non-hydrogen) atoms. The molecule has 120 valence electrons. The van der Waals surface area contributed by atoms with Gasteiger partial charge in [-0.15, -0.1) is 0 Å². The van der Waals surface area contributed by atoms with Gasteiger partial charge in [0.05, 0.1) is 17.1 Å². The molecule has 0 bridgehead atoms. The van der Waals surface area contributed by atoms with E-state index in [9.17, 15) is 18.0 Å². The van der Waals surface area contributed by atoms with Crippen molar-refractivity contribution in [3.63, 3.8) is 0 Å². The molecule has 1 aromatic heterocycles. The number of nitrogens with zero attached hydrogens (tertiary/aromatic N) is 2. The number of hydrogen-bond donors (Lipinski definition) is 2. The van der Waals surface area contributed by atoms with E-state index >= 15 is 0 Å². The van der Waals surface area contributed by atoms with Crippen LogP contribution < -0.4 is 5.32 Å². The fourth-order valence-electron chi connectivity index (χ4n) is 2.07. The minimum absolute atomic E-state index is 0.187. The summed E-state index contributed by atoms with van der Waals surface area (Å²) in [7, 11) is 0. The highest BCUT2D eigenvalue weighted by atomic mass is 19.4. The first-order chi connectivity index (χ1) is 10.3. The Morgan fingerprint density at radius 2 is 2.09 bits per heavy atom. The molecule has 0 spiro atoms. The molecule has 1 heterocycles. The summed E-state index contributed by atoms with van der Waals surface area (Å²) in [4.78, 5) is 15.4. The van der Waals surface area contributed by atoms with Gasteiger partial charge in [0.15, 0.2) is 0 Å². The van der Waals surface area contributed by atoms with Gasteiger partial charge in [0, 0.05) is 6.54 Å². The first-order valence-corrected chi connectivity index (χ1v) is 6.76. The van der Waals surface area contributed by atoms with Crippen LogP contribution in [-0.2, 0) is 17.5 Å². The third-order valence-electron chi connectivity index (χ3n) is 3.09. The van der Waals surface area contributed by atoms with Crippen LogP contribution in [0, 0.1) is 0 Å². The number of aliphatic hydroxyl groups excluding tert-OH is 1. The summed E-state index contributed by atoms with van der Waals surface area (Å²) in [5.41, 5.74) is 0.437. The topological polar surface area (TPSA) is 67.2 Å². The Labute approximate surface area is 124 Å². The number of amides is 1. The van der Waals surface area contributed by atoms with Crippen molar-refractivity contribution in [2.75, 3.05) is 6.54 Å². The van der Waals surface area contributed by atoms with Gasteiger partial charge in [-0.05, 0) is 25.5 Å². The molecule has 2 N–H and O–H groups in total. The summed E-state index contributed by atoms with van der Waals surface area (Å²) in [6, 6.07) is 6.13. The van der Waals surface area contributed by atoms with Crippen LogP contribution in [0.25, 0.3) is 11.0 Å². The van der Waals surface area contributed by atoms with Gasteiger partial charge >= 0.3 is 6.18 Å². The zero-order valence-corrected chi connectivity index (χ0v) is 11.9. The quantitative estimate of drug-likeness (QED) is 0.886. The number of imidazole rings is 1. The van der Waals surface area contributed by atoms with Crippen molar-refractivity contribution >= 4 is 16.9 Å². The molecule has 0 aliphatic carbocycles. The van der Waals surface area contributed by atoms with E-state index in [0.29, 0.717) is 6.42 Å². The summed E-state index contributed by atoms with van der Waals surface area (Å²) in [5.74, 6) is -1.66. The number of aliphatic hydroxyl groups is 1. The maximum atomic E-state index is 13.0. The molecule has 1 amide bonds. The molecule has 0 radical (unpaired) electrons. The average Bonchev–Trinajstić information content (AvgIpc) is 2.77. The average molecular weight is 315 g/mol. The minimum atomic E-state index is -4.64. The predicted octanol–water partition coefficient (Wildman–Crippen LogP) is 1.94. The van der Waals surface area contributed by atoms with Crippen LogP contribution in [0.4, 0.5) is 13.2 Å². The molecule has 0 aliphatic heterocycles. The lowest BCUT2D eigenvalue weighted by Gasteiger charge is -2.12. The monoisotopic (exact) mass is 315 g/mol. The molecular weight excluding hydrogens is 299 g/mol. The minimum Gasteiger partial charge on any atom is -0.393 e. The van der Waals surface area contributed by atoms with Crippen molar-refractivity contribution in [2.45, 2.75) is 32.2 Å². The van der Waals surface area contributed by atoms with E-state index in [0.717, 1.165) is 4.57 Å². The first-order valence-electron chi connectivity index (χ1n) is 6.76. The van der Waals surface area contributed by atoms with Gasteiger partial charge in [-0.25, -0.2) is 4.98 Å². The molecule has 1 unspecified atom stereocenters. The van der Waals surface area contributed by atoms with Crippen LogP contribution in [0.3, 0.4) is 0 Å². The lowest BCUT2D eigenvalue weighted by Crippen LogP contribution is -2.31. The highest BCUT2D eigenvalue weighted by molar-refractivity contribution is 5.81. The normalized spacial score (nSPS) is 13.3. The fourth-order valence-corrected chi connectivity index (χ4v) is 2.07. The van der Waals surface area contributed by atoms with Gasteiger partial charge in [0.2, 0.25) is 11.7 Å². The Morgan fingerprint density at radius 1 is 1.41 bits per heavy atom. The van der Waals surface area contributed by atoms with E-state index in [1.54, 1.807) is 19.1 Å². The maximum Gasteiger partial charge on any atom is 0.449 e. The van der Waals surface area contributed by atoms with E-state index in [4.69, 9.17) is 5.11 Å². The largest absolute Gasteiger partial charge is 0.449 e. The number of benzene rings is 1. The molecule has 2 rings (SSSR count). The van der Waals surface area contributed by atoms with Crippen LogP contribution in [0.15, 0.2) is 24.3 Å². The van der Waals surface area contributed by atoms with Crippen molar-refractivity contribution in [1.82, 2.24) is 14.9 Å². The number of aromatic nitrogens is 2. The number of alkyl halides is 3. The highest BCUT2D eigenvalue weighted by Crippen LogP contribution is 2.31. The van der Waals surface area contributed by atoms with Crippen LogP contribution in [0.1, 0.15) is 19.2 Å². The SMILES string of the molecule is CC(O)CCNC(=O)Cn1c(C(F)(F)F)nc2ccccc21. The third kappa shape index (κ3) is 3.76.